The summed E-state index contributed by atoms with van der Waals surface area (Å²) in [6.07, 6.45) is 2.32. The molecule has 0 spiro atoms. The van der Waals surface area contributed by atoms with Crippen LogP contribution in [0.2, 0.25) is 0 Å². The smallest absolute Gasteiger partial charge is 0.340 e. The van der Waals surface area contributed by atoms with Crippen molar-refractivity contribution < 1.29 is 14.6 Å². The Kier molecular flexibility index (Phi) is 3.69. The van der Waals surface area contributed by atoms with E-state index >= 15 is 0 Å². The van der Waals surface area contributed by atoms with Crippen molar-refractivity contribution in [1.29, 1.82) is 0 Å². The average molecular weight is 243 g/mol. The van der Waals surface area contributed by atoms with E-state index in [1.54, 1.807) is 24.5 Å². The molecule has 4 nitrogen and oxygen atoms in total. The summed E-state index contributed by atoms with van der Waals surface area (Å²) in [6, 6.07) is 10.9. The molecule has 1 N–H and O–H groups in total. The topological polar surface area (TPSA) is 59.4 Å². The van der Waals surface area contributed by atoms with Gasteiger partial charge in [0, 0.05) is 12.4 Å². The standard InChI is InChI=1S/C14H13NO3/c1-10(16)14(17)18-13-4-2-11(3-5-13)12-6-8-15-9-7-12/h2-10,16H,1H3. The average Bonchev–Trinajstić information content (AvgIpc) is 2.40. The highest BCUT2D eigenvalue weighted by atomic mass is 16.5. The van der Waals surface area contributed by atoms with Crippen molar-refractivity contribution in [3.05, 3.63) is 48.8 Å². The van der Waals surface area contributed by atoms with Crippen molar-refractivity contribution in [3.63, 3.8) is 0 Å². The molecule has 1 unspecified atom stereocenters. The van der Waals surface area contributed by atoms with Crippen LogP contribution >= 0.6 is 0 Å². The first-order valence-electron chi connectivity index (χ1n) is 5.57. The monoisotopic (exact) mass is 243 g/mol. The lowest BCUT2D eigenvalue weighted by Crippen LogP contribution is -2.21. The fourth-order valence-electron chi connectivity index (χ4n) is 1.46. The molecule has 2 aromatic rings. The van der Waals surface area contributed by atoms with Gasteiger partial charge in [0.25, 0.3) is 0 Å². The first-order valence-corrected chi connectivity index (χ1v) is 5.57. The summed E-state index contributed by atoms with van der Waals surface area (Å²) in [4.78, 5) is 15.1. The van der Waals surface area contributed by atoms with Crippen LogP contribution in [0.15, 0.2) is 48.8 Å². The van der Waals surface area contributed by atoms with Gasteiger partial charge in [-0.3, -0.25) is 4.98 Å². The van der Waals surface area contributed by atoms with E-state index in [0.29, 0.717) is 5.75 Å². The third kappa shape index (κ3) is 2.93. The quantitative estimate of drug-likeness (QED) is 0.662. The Hall–Kier alpha value is -2.20. The maximum Gasteiger partial charge on any atom is 0.340 e. The van der Waals surface area contributed by atoms with Crippen LogP contribution in [0.25, 0.3) is 11.1 Å². The molecule has 92 valence electrons. The van der Waals surface area contributed by atoms with Gasteiger partial charge < -0.3 is 9.84 Å². The summed E-state index contributed by atoms with van der Waals surface area (Å²) in [6.45, 7) is 1.37. The Bertz CT molecular complexity index is 520. The lowest BCUT2D eigenvalue weighted by Gasteiger charge is -2.07. The van der Waals surface area contributed by atoms with Gasteiger partial charge in [-0.2, -0.15) is 0 Å². The van der Waals surface area contributed by atoms with Crippen molar-refractivity contribution in [2.24, 2.45) is 0 Å². The highest BCUT2D eigenvalue weighted by Gasteiger charge is 2.11. The van der Waals surface area contributed by atoms with Gasteiger partial charge in [-0.15, -0.1) is 0 Å². The van der Waals surface area contributed by atoms with Crippen molar-refractivity contribution in [2.45, 2.75) is 13.0 Å². The number of ether oxygens (including phenoxy) is 1. The van der Waals surface area contributed by atoms with Crippen molar-refractivity contribution in [3.8, 4) is 16.9 Å². The number of pyridine rings is 1. The number of benzene rings is 1. The summed E-state index contributed by atoms with van der Waals surface area (Å²) >= 11 is 0. The summed E-state index contributed by atoms with van der Waals surface area (Å²) < 4.78 is 4.97. The van der Waals surface area contributed by atoms with Crippen LogP contribution in [0.1, 0.15) is 6.92 Å². The second-order valence-corrected chi connectivity index (χ2v) is 3.86. The molecule has 0 fully saturated rings. The summed E-state index contributed by atoms with van der Waals surface area (Å²) in [7, 11) is 0. The minimum atomic E-state index is -1.12. The van der Waals surface area contributed by atoms with Gasteiger partial charge >= 0.3 is 5.97 Å². The Morgan fingerprint density at radius 1 is 1.11 bits per heavy atom. The molecule has 18 heavy (non-hydrogen) atoms. The number of hydrogen-bond acceptors (Lipinski definition) is 4. The molecule has 0 aliphatic carbocycles. The first kappa shape index (κ1) is 12.3. The lowest BCUT2D eigenvalue weighted by atomic mass is 10.1. The van der Waals surface area contributed by atoms with E-state index in [-0.39, 0.29) is 0 Å². The van der Waals surface area contributed by atoms with Crippen LogP contribution in [0, 0.1) is 0 Å². The fourth-order valence-corrected chi connectivity index (χ4v) is 1.46. The van der Waals surface area contributed by atoms with Gasteiger partial charge in [-0.05, 0) is 42.3 Å². The first-order chi connectivity index (χ1) is 8.66. The SMILES string of the molecule is CC(O)C(=O)Oc1ccc(-c2ccncc2)cc1. The van der Waals surface area contributed by atoms with E-state index in [9.17, 15) is 4.79 Å². The molecular formula is C14H13NO3. The number of rotatable bonds is 3. The number of hydrogen-bond donors (Lipinski definition) is 1. The predicted octanol–water partition coefficient (Wildman–Crippen LogP) is 2.03. The van der Waals surface area contributed by atoms with E-state index in [4.69, 9.17) is 9.84 Å². The summed E-state index contributed by atoms with van der Waals surface area (Å²) in [5, 5.41) is 9.03. The van der Waals surface area contributed by atoms with Gasteiger partial charge in [-0.25, -0.2) is 4.79 Å². The van der Waals surface area contributed by atoms with Gasteiger partial charge in [-0.1, -0.05) is 12.1 Å². The number of aromatic nitrogens is 1. The fraction of sp³-hybridized carbons (Fsp3) is 0.143. The zero-order chi connectivity index (χ0) is 13.0. The zero-order valence-electron chi connectivity index (χ0n) is 9.91. The molecule has 4 heteroatoms. The number of aliphatic hydroxyl groups excluding tert-OH is 1. The van der Waals surface area contributed by atoms with Crippen molar-refractivity contribution in [1.82, 2.24) is 4.98 Å². The molecule has 2 rings (SSSR count). The number of carbonyl (C=O) groups is 1. The zero-order valence-corrected chi connectivity index (χ0v) is 9.91. The molecule has 1 aromatic heterocycles. The van der Waals surface area contributed by atoms with E-state index in [1.807, 2.05) is 24.3 Å². The number of esters is 1. The largest absolute Gasteiger partial charge is 0.425 e. The number of aliphatic hydroxyl groups is 1. The van der Waals surface area contributed by atoms with Crippen LogP contribution in [0.4, 0.5) is 0 Å². The molecule has 0 bridgehead atoms. The van der Waals surface area contributed by atoms with Crippen molar-refractivity contribution >= 4 is 5.97 Å². The molecule has 0 aliphatic heterocycles. The maximum absolute atomic E-state index is 11.2. The predicted molar refractivity (Wildman–Crippen MR) is 67.0 cm³/mol. The highest BCUT2D eigenvalue weighted by molar-refractivity contribution is 5.76. The molecule has 1 aromatic carbocycles. The van der Waals surface area contributed by atoms with E-state index in [0.717, 1.165) is 11.1 Å². The Balaban J connectivity index is 2.13. The molecule has 0 saturated carbocycles. The van der Waals surface area contributed by atoms with Gasteiger partial charge in [0.2, 0.25) is 0 Å². The number of nitrogens with zero attached hydrogens (tertiary/aromatic N) is 1. The molecule has 1 heterocycles. The second-order valence-electron chi connectivity index (χ2n) is 3.86. The maximum atomic E-state index is 11.2. The molecule has 0 radical (unpaired) electrons. The normalized spacial score (nSPS) is 11.9. The molecule has 1 atom stereocenters. The van der Waals surface area contributed by atoms with E-state index in [2.05, 4.69) is 4.98 Å². The van der Waals surface area contributed by atoms with Crippen LogP contribution in [-0.4, -0.2) is 22.2 Å². The van der Waals surface area contributed by atoms with E-state index in [1.165, 1.54) is 6.92 Å². The molecular weight excluding hydrogens is 230 g/mol. The Labute approximate surface area is 105 Å². The Morgan fingerprint density at radius 3 is 2.22 bits per heavy atom. The third-order valence-corrected chi connectivity index (χ3v) is 2.43. The van der Waals surface area contributed by atoms with Gasteiger partial charge in [0.1, 0.15) is 11.9 Å². The van der Waals surface area contributed by atoms with Crippen LogP contribution in [0.3, 0.4) is 0 Å². The van der Waals surface area contributed by atoms with E-state index < -0.39 is 12.1 Å². The molecule has 0 aliphatic rings. The summed E-state index contributed by atoms with van der Waals surface area (Å²) in [5.74, 6) is -0.245. The minimum Gasteiger partial charge on any atom is -0.425 e. The number of carbonyl (C=O) groups excluding carboxylic acids is 1. The molecule has 0 saturated heterocycles. The summed E-state index contributed by atoms with van der Waals surface area (Å²) in [5.41, 5.74) is 2.05. The van der Waals surface area contributed by atoms with Crippen LogP contribution < -0.4 is 4.74 Å². The third-order valence-electron chi connectivity index (χ3n) is 2.43. The second kappa shape index (κ2) is 5.42. The highest BCUT2D eigenvalue weighted by Crippen LogP contribution is 2.21. The lowest BCUT2D eigenvalue weighted by molar-refractivity contribution is -0.142. The van der Waals surface area contributed by atoms with Crippen LogP contribution in [-0.2, 0) is 4.79 Å². The van der Waals surface area contributed by atoms with Gasteiger partial charge in [0.15, 0.2) is 0 Å². The minimum absolute atomic E-state index is 0.415. The molecule has 0 amide bonds. The van der Waals surface area contributed by atoms with Crippen LogP contribution in [0.5, 0.6) is 5.75 Å². The Morgan fingerprint density at radius 2 is 1.67 bits per heavy atom. The van der Waals surface area contributed by atoms with Gasteiger partial charge in [0.05, 0.1) is 0 Å². The van der Waals surface area contributed by atoms with Crippen molar-refractivity contribution in [2.75, 3.05) is 0 Å².